The molecule has 11 heteroatoms. The molecule has 9 nitrogen and oxygen atoms in total. The van der Waals surface area contributed by atoms with Crippen LogP contribution in [0.4, 0.5) is 5.13 Å². The van der Waals surface area contributed by atoms with E-state index < -0.39 is 15.9 Å². The summed E-state index contributed by atoms with van der Waals surface area (Å²) in [5.74, 6) is -0.613. The van der Waals surface area contributed by atoms with Crippen molar-refractivity contribution in [3.8, 4) is 11.1 Å². The molecule has 180 valence electrons. The zero-order chi connectivity index (χ0) is 24.3. The van der Waals surface area contributed by atoms with Crippen LogP contribution in [0.25, 0.3) is 11.1 Å². The van der Waals surface area contributed by atoms with Gasteiger partial charge in [-0.05, 0) is 49.0 Å². The van der Waals surface area contributed by atoms with Crippen LogP contribution < -0.4 is 10.4 Å². The summed E-state index contributed by atoms with van der Waals surface area (Å²) < 4.78 is 27.9. The minimum atomic E-state index is -3.62. The molecule has 1 aliphatic rings. The molecule has 0 bridgehead atoms. The van der Waals surface area contributed by atoms with Crippen LogP contribution in [0.1, 0.15) is 15.2 Å². The Bertz CT molecular complexity index is 1250. The summed E-state index contributed by atoms with van der Waals surface area (Å²) >= 11 is 1.15. The van der Waals surface area contributed by atoms with Crippen molar-refractivity contribution < 1.29 is 18.4 Å². The van der Waals surface area contributed by atoms with Crippen molar-refractivity contribution in [2.24, 2.45) is 0 Å². The number of hydrogen-bond acceptors (Lipinski definition) is 8. The van der Waals surface area contributed by atoms with Gasteiger partial charge in [0, 0.05) is 32.7 Å². The fourth-order valence-corrected chi connectivity index (χ4v) is 6.15. The van der Waals surface area contributed by atoms with Gasteiger partial charge in [0.15, 0.2) is 5.13 Å². The number of hydroxylamine groups is 1. The van der Waals surface area contributed by atoms with Gasteiger partial charge in [0.1, 0.15) is 4.88 Å². The van der Waals surface area contributed by atoms with Crippen molar-refractivity contribution in [2.75, 3.05) is 45.2 Å². The molecule has 1 fully saturated rings. The number of carbonyl (C=O) groups excluding carboxylic acids is 1. The van der Waals surface area contributed by atoms with Crippen LogP contribution in [-0.4, -0.2) is 74.0 Å². The van der Waals surface area contributed by atoms with E-state index in [9.17, 15) is 13.2 Å². The zero-order valence-corrected chi connectivity index (χ0v) is 20.6. The van der Waals surface area contributed by atoms with Crippen molar-refractivity contribution in [1.29, 1.82) is 0 Å². The Morgan fingerprint density at radius 3 is 2.44 bits per heavy atom. The third kappa shape index (κ3) is 5.29. The van der Waals surface area contributed by atoms with E-state index in [2.05, 4.69) is 22.0 Å². The smallest absolute Gasteiger partial charge is 0.286 e. The number of piperazine rings is 1. The molecule has 2 heterocycles. The summed E-state index contributed by atoms with van der Waals surface area (Å²) in [5, 5.41) is 9.38. The standard InChI is InChI=1S/C23H27N5O4S2/c1-26(2)16-17-4-3-5-19(14-17)18-6-8-20(9-7-18)34(31,32)28-12-10-27(11-13-28)23-24-15-21(33-23)22(29)25-30/h3-9,14-15,30H,10-13,16H2,1-2H3,(H,25,29). The van der Waals surface area contributed by atoms with Gasteiger partial charge in [-0.3, -0.25) is 10.0 Å². The first-order valence-corrected chi connectivity index (χ1v) is 13.0. The van der Waals surface area contributed by atoms with Crippen molar-refractivity contribution in [2.45, 2.75) is 11.4 Å². The molecule has 2 aromatic carbocycles. The maximum absolute atomic E-state index is 13.2. The van der Waals surface area contributed by atoms with Crippen LogP contribution in [0.3, 0.4) is 0 Å². The van der Waals surface area contributed by atoms with Crippen molar-refractivity contribution >= 4 is 32.4 Å². The van der Waals surface area contributed by atoms with Crippen LogP contribution >= 0.6 is 11.3 Å². The predicted octanol–water partition coefficient (Wildman–Crippen LogP) is 2.50. The lowest BCUT2D eigenvalue weighted by Gasteiger charge is -2.33. The maximum Gasteiger partial charge on any atom is 0.286 e. The molecular formula is C23H27N5O4S2. The van der Waals surface area contributed by atoms with Gasteiger partial charge < -0.3 is 9.80 Å². The van der Waals surface area contributed by atoms with Gasteiger partial charge in [0.05, 0.1) is 11.1 Å². The number of amides is 1. The molecule has 1 aromatic heterocycles. The first kappa shape index (κ1) is 24.3. The largest absolute Gasteiger partial charge is 0.345 e. The molecule has 1 aliphatic heterocycles. The molecule has 0 atom stereocenters. The highest BCUT2D eigenvalue weighted by molar-refractivity contribution is 7.89. The molecule has 0 radical (unpaired) electrons. The van der Waals surface area contributed by atoms with E-state index in [0.29, 0.717) is 36.2 Å². The SMILES string of the molecule is CN(C)Cc1cccc(-c2ccc(S(=O)(=O)N3CCN(c4ncc(C(=O)NO)s4)CC3)cc2)c1. The van der Waals surface area contributed by atoms with Gasteiger partial charge in [-0.2, -0.15) is 4.31 Å². The van der Waals surface area contributed by atoms with Crippen LogP contribution in [0.5, 0.6) is 0 Å². The van der Waals surface area contributed by atoms with E-state index in [-0.39, 0.29) is 4.90 Å². The molecule has 3 aromatic rings. The van der Waals surface area contributed by atoms with E-state index >= 15 is 0 Å². The van der Waals surface area contributed by atoms with Crippen molar-refractivity contribution in [3.05, 3.63) is 65.2 Å². The van der Waals surface area contributed by atoms with Gasteiger partial charge in [0.2, 0.25) is 10.0 Å². The monoisotopic (exact) mass is 501 g/mol. The number of hydrogen-bond donors (Lipinski definition) is 2. The Balaban J connectivity index is 1.43. The van der Waals surface area contributed by atoms with Gasteiger partial charge in [-0.1, -0.05) is 41.7 Å². The summed E-state index contributed by atoms with van der Waals surface area (Å²) in [6.45, 7) is 2.39. The molecule has 1 saturated heterocycles. The summed E-state index contributed by atoms with van der Waals surface area (Å²) in [4.78, 5) is 20.3. The number of nitrogens with zero attached hydrogens (tertiary/aromatic N) is 4. The Labute approximate surface area is 203 Å². The quantitative estimate of drug-likeness (QED) is 0.378. The van der Waals surface area contributed by atoms with Crippen molar-refractivity contribution in [1.82, 2.24) is 19.7 Å². The molecule has 2 N–H and O–H groups in total. The average molecular weight is 502 g/mol. The molecule has 0 saturated carbocycles. The fraction of sp³-hybridized carbons (Fsp3) is 0.304. The Kier molecular flexibility index (Phi) is 7.29. The molecule has 0 aliphatic carbocycles. The molecule has 0 spiro atoms. The number of anilines is 1. The molecular weight excluding hydrogens is 474 g/mol. The lowest BCUT2D eigenvalue weighted by atomic mass is 10.0. The highest BCUT2D eigenvalue weighted by Gasteiger charge is 2.29. The second kappa shape index (κ2) is 10.2. The molecule has 4 rings (SSSR count). The third-order valence-corrected chi connectivity index (χ3v) is 8.55. The summed E-state index contributed by atoms with van der Waals surface area (Å²) in [6.07, 6.45) is 1.40. The number of rotatable bonds is 7. The van der Waals surface area contributed by atoms with E-state index in [1.54, 1.807) is 17.6 Å². The van der Waals surface area contributed by atoms with Crippen LogP contribution in [0.15, 0.2) is 59.6 Å². The van der Waals surface area contributed by atoms with Gasteiger partial charge in [-0.15, -0.1) is 0 Å². The van der Waals surface area contributed by atoms with Crippen LogP contribution in [0.2, 0.25) is 0 Å². The third-order valence-electron chi connectivity index (χ3n) is 5.58. The first-order chi connectivity index (χ1) is 16.3. The Hall–Kier alpha value is -2.83. The first-order valence-electron chi connectivity index (χ1n) is 10.8. The molecule has 34 heavy (non-hydrogen) atoms. The summed E-state index contributed by atoms with van der Waals surface area (Å²) in [5.41, 5.74) is 4.81. The topological polar surface area (TPSA) is 106 Å². The fourth-order valence-electron chi connectivity index (χ4n) is 3.87. The molecule has 1 amide bonds. The van der Waals surface area contributed by atoms with Crippen molar-refractivity contribution in [3.63, 3.8) is 0 Å². The van der Waals surface area contributed by atoms with Gasteiger partial charge in [0.25, 0.3) is 5.91 Å². The number of thiazole rings is 1. The number of aromatic nitrogens is 1. The zero-order valence-electron chi connectivity index (χ0n) is 19.0. The lowest BCUT2D eigenvalue weighted by molar-refractivity contribution is 0.0710. The number of benzene rings is 2. The predicted molar refractivity (Wildman–Crippen MR) is 132 cm³/mol. The maximum atomic E-state index is 13.2. The minimum Gasteiger partial charge on any atom is -0.345 e. The highest BCUT2D eigenvalue weighted by atomic mass is 32.2. The number of sulfonamides is 1. The number of carbonyl (C=O) groups is 1. The van der Waals surface area contributed by atoms with E-state index in [1.807, 2.05) is 43.3 Å². The number of nitrogens with one attached hydrogen (secondary N) is 1. The highest BCUT2D eigenvalue weighted by Crippen LogP contribution is 2.27. The van der Waals surface area contributed by atoms with E-state index in [4.69, 9.17) is 5.21 Å². The van der Waals surface area contributed by atoms with Gasteiger partial charge >= 0.3 is 0 Å². The second-order valence-electron chi connectivity index (χ2n) is 8.30. The lowest BCUT2D eigenvalue weighted by Crippen LogP contribution is -2.48. The summed E-state index contributed by atoms with van der Waals surface area (Å²) in [7, 11) is 0.431. The Morgan fingerprint density at radius 1 is 1.09 bits per heavy atom. The van der Waals surface area contributed by atoms with Gasteiger partial charge in [-0.25, -0.2) is 18.9 Å². The van der Waals surface area contributed by atoms with E-state index in [1.165, 1.54) is 16.1 Å². The minimum absolute atomic E-state index is 0.269. The second-order valence-corrected chi connectivity index (χ2v) is 11.2. The normalized spacial score (nSPS) is 15.0. The summed E-state index contributed by atoms with van der Waals surface area (Å²) in [6, 6.07) is 15.3. The average Bonchev–Trinajstić information content (AvgIpc) is 3.34. The Morgan fingerprint density at radius 2 is 1.79 bits per heavy atom. The van der Waals surface area contributed by atoms with E-state index in [0.717, 1.165) is 29.0 Å². The molecule has 0 unspecified atom stereocenters. The van der Waals surface area contributed by atoms with Crippen LogP contribution in [0, 0.1) is 0 Å². The van der Waals surface area contributed by atoms with Crippen LogP contribution in [-0.2, 0) is 16.6 Å².